The maximum atomic E-state index is 13.3. The van der Waals surface area contributed by atoms with E-state index in [2.05, 4.69) is 36.0 Å². The van der Waals surface area contributed by atoms with Crippen LogP contribution >= 0.6 is 15.9 Å². The largest absolute Gasteiger partial charge is 0.411 e. The molecular weight excluding hydrogens is 419 g/mol. The summed E-state index contributed by atoms with van der Waals surface area (Å²) in [6.07, 6.45) is -2.23. The van der Waals surface area contributed by atoms with Crippen LogP contribution in [0.5, 0.6) is 0 Å². The molecule has 0 bridgehead atoms. The van der Waals surface area contributed by atoms with Crippen LogP contribution in [0.25, 0.3) is 0 Å². The molecule has 0 aliphatic heterocycles. The van der Waals surface area contributed by atoms with Crippen LogP contribution in [0.15, 0.2) is 32.5 Å². The fraction of sp³-hybridized carbons (Fsp3) is 0.357. The van der Waals surface area contributed by atoms with Gasteiger partial charge < -0.3 is 5.21 Å². The van der Waals surface area contributed by atoms with E-state index in [-0.39, 0.29) is 40.8 Å². The van der Waals surface area contributed by atoms with Crippen LogP contribution in [0.1, 0.15) is 32.5 Å². The van der Waals surface area contributed by atoms with Crippen LogP contribution < -0.4 is 5.14 Å². The normalized spacial score (nSPS) is 14.3. The highest BCUT2D eigenvalue weighted by Gasteiger charge is 2.18. The molecule has 1 heterocycles. The topological polar surface area (TPSA) is 132 Å². The van der Waals surface area contributed by atoms with Crippen molar-refractivity contribution in [1.82, 2.24) is 10.3 Å². The summed E-state index contributed by atoms with van der Waals surface area (Å²) in [4.78, 5) is 0. The number of aryl methyl sites for hydroxylation is 1. The van der Waals surface area contributed by atoms with Gasteiger partial charge in [0.25, 0.3) is 0 Å². The number of hydrogen-bond acceptors (Lipinski definition) is 7. The van der Waals surface area contributed by atoms with Crippen molar-refractivity contribution >= 4 is 31.7 Å². The van der Waals surface area contributed by atoms with Crippen molar-refractivity contribution in [2.45, 2.75) is 25.6 Å². The Bertz CT molecular complexity index is 952. The van der Waals surface area contributed by atoms with E-state index in [9.17, 15) is 18.0 Å². The molecule has 3 N–H and O–H groups in total. The van der Waals surface area contributed by atoms with Gasteiger partial charge in [-0.1, -0.05) is 16.4 Å². The first-order valence-electron chi connectivity index (χ1n) is 7.98. The summed E-state index contributed by atoms with van der Waals surface area (Å²) >= 11 is 3.07. The van der Waals surface area contributed by atoms with E-state index in [1.165, 1.54) is 18.2 Å². The van der Waals surface area contributed by atoms with E-state index >= 15 is 0 Å². The highest BCUT2D eigenvalue weighted by atomic mass is 79.9. The molecule has 1 aromatic carbocycles. The second-order valence-corrected chi connectivity index (χ2v) is 7.56. The Hall–Kier alpha value is -1.85. The minimum absolute atomic E-state index is 0.0204. The number of nitrogens with two attached hydrogens (primary N) is 1. The number of hydrogen-bond donors (Lipinski definition) is 2. The summed E-state index contributed by atoms with van der Waals surface area (Å²) in [6.45, 7) is 0. The molecule has 136 valence electrons. The number of oxime groups is 1. The molecule has 2 rings (SSSR count). The molecule has 0 amide bonds. The van der Waals surface area contributed by atoms with E-state index < -0.39 is 28.0 Å². The molecule has 0 unspecified atom stereocenters. The summed E-state index contributed by atoms with van der Waals surface area (Å²) in [6, 6.07) is 4.26. The molecule has 0 aliphatic rings. The molecule has 1 aromatic heterocycles. The predicted octanol–water partition coefficient (Wildman–Crippen LogP) is 2.00. The van der Waals surface area contributed by atoms with Crippen molar-refractivity contribution in [3.63, 3.8) is 0 Å². The second-order valence-electron chi connectivity index (χ2n) is 5.09. The van der Waals surface area contributed by atoms with Gasteiger partial charge in [-0.25, -0.2) is 22.6 Å². The summed E-state index contributed by atoms with van der Waals surface area (Å²) in [5, 5.41) is 24.7. The molecule has 25 heavy (non-hydrogen) atoms. The third-order valence-electron chi connectivity index (χ3n) is 3.15. The number of rotatable bonds is 8. The minimum Gasteiger partial charge on any atom is -0.411 e. The molecule has 0 radical (unpaired) electrons. The van der Waals surface area contributed by atoms with Crippen molar-refractivity contribution < 1.29 is 25.4 Å². The lowest BCUT2D eigenvalue weighted by molar-refractivity contribution is 0.300. The Morgan fingerprint density at radius 2 is 2.24 bits per heavy atom. The minimum atomic E-state index is -3.99. The molecule has 0 saturated heterocycles. The van der Waals surface area contributed by atoms with Crippen LogP contribution in [0.4, 0.5) is 4.39 Å². The Labute approximate surface area is 154 Å². The Morgan fingerprint density at radius 1 is 1.48 bits per heavy atom. The maximum absolute atomic E-state index is 13.3. The maximum Gasteiger partial charge on any atom is 0.209 e. The molecule has 0 fully saturated rings. The van der Waals surface area contributed by atoms with E-state index in [0.29, 0.717) is 5.56 Å². The van der Waals surface area contributed by atoms with Crippen LogP contribution in [-0.4, -0.2) is 35.4 Å². The number of nitrogens with zero attached hydrogens (tertiary/aromatic N) is 3. The van der Waals surface area contributed by atoms with Crippen LogP contribution in [0.2, 0.25) is 0 Å². The van der Waals surface area contributed by atoms with Crippen molar-refractivity contribution in [1.29, 1.82) is 0 Å². The molecule has 0 saturated carbocycles. The lowest BCUT2D eigenvalue weighted by Gasteiger charge is -2.05. The molecule has 0 atom stereocenters. The number of benzene rings is 1. The summed E-state index contributed by atoms with van der Waals surface area (Å²) in [5.41, 5.74) is 0.998. The average molecular weight is 437 g/mol. The third kappa shape index (κ3) is 5.87. The quantitative estimate of drug-likeness (QED) is 0.369. The Kier molecular flexibility index (Phi) is 5.64. The van der Waals surface area contributed by atoms with Gasteiger partial charge in [0.1, 0.15) is 17.2 Å². The highest BCUT2D eigenvalue weighted by Crippen LogP contribution is 2.19. The zero-order chi connectivity index (χ0) is 20.2. The van der Waals surface area contributed by atoms with Crippen LogP contribution in [0.3, 0.4) is 0 Å². The van der Waals surface area contributed by atoms with E-state index in [0.717, 1.165) is 0 Å². The van der Waals surface area contributed by atoms with Gasteiger partial charge >= 0.3 is 0 Å². The fourth-order valence-corrected chi connectivity index (χ4v) is 2.88. The van der Waals surface area contributed by atoms with Gasteiger partial charge in [-0.2, -0.15) is 0 Å². The number of primary sulfonamides is 1. The molecule has 2 aromatic rings. The monoisotopic (exact) mass is 436 g/mol. The SMILES string of the molecule is [2H]C([2H])(CCc1nonc1/C(Cc1ccc(F)c(Br)c1)=N/O)CS(N)(=O)=O. The van der Waals surface area contributed by atoms with E-state index in [4.69, 9.17) is 7.88 Å². The zero-order valence-corrected chi connectivity index (χ0v) is 15.2. The lowest BCUT2D eigenvalue weighted by Crippen LogP contribution is -2.16. The van der Waals surface area contributed by atoms with Crippen molar-refractivity contribution in [2.75, 3.05) is 5.75 Å². The van der Waals surface area contributed by atoms with Gasteiger partial charge in [0, 0.05) is 9.16 Å². The summed E-state index contributed by atoms with van der Waals surface area (Å²) in [5.74, 6) is -1.28. The van der Waals surface area contributed by atoms with Gasteiger partial charge in [-0.3, -0.25) is 0 Å². The van der Waals surface area contributed by atoms with Crippen LogP contribution in [0, 0.1) is 5.82 Å². The van der Waals surface area contributed by atoms with Gasteiger partial charge in [0.2, 0.25) is 10.0 Å². The molecule has 0 spiro atoms. The number of aromatic nitrogens is 2. The molecule has 11 heteroatoms. The first kappa shape index (κ1) is 16.6. The lowest BCUT2D eigenvalue weighted by atomic mass is 10.0. The smallest absolute Gasteiger partial charge is 0.209 e. The van der Waals surface area contributed by atoms with Crippen molar-refractivity contribution in [3.8, 4) is 0 Å². The first-order valence-corrected chi connectivity index (χ1v) is 9.49. The first-order chi connectivity index (χ1) is 12.5. The van der Waals surface area contributed by atoms with Gasteiger partial charge in [-0.05, 0) is 58.0 Å². The summed E-state index contributed by atoms with van der Waals surface area (Å²) in [7, 11) is -3.99. The van der Waals surface area contributed by atoms with Gasteiger partial charge in [0.15, 0.2) is 5.69 Å². The molecular formula is C14H16BrFN4O4S. The standard InChI is InChI=1S/C14H16BrFN4O4S/c15-10-7-9(4-5-11(10)16)8-13(18-21)14-12(19-24-20-14)3-1-2-6-25(17,22)23/h4-5,7,21H,1-3,6,8H2,(H2,17,22,23)/b18-13+/i2D2. The Balaban J connectivity index is 2.15. The highest BCUT2D eigenvalue weighted by molar-refractivity contribution is 9.10. The zero-order valence-electron chi connectivity index (χ0n) is 14.8. The third-order valence-corrected chi connectivity index (χ3v) is 4.36. The predicted molar refractivity (Wildman–Crippen MR) is 91.3 cm³/mol. The molecule has 0 aliphatic carbocycles. The van der Waals surface area contributed by atoms with E-state index in [1.54, 1.807) is 0 Å². The fourth-order valence-electron chi connectivity index (χ4n) is 2.02. The number of sulfonamides is 1. The van der Waals surface area contributed by atoms with E-state index in [1.807, 2.05) is 0 Å². The number of halogens is 2. The summed E-state index contributed by atoms with van der Waals surface area (Å²) < 4.78 is 55.9. The van der Waals surface area contributed by atoms with Crippen LogP contribution in [-0.2, 0) is 22.9 Å². The Morgan fingerprint density at radius 3 is 2.88 bits per heavy atom. The average Bonchev–Trinajstić information content (AvgIpc) is 3.00. The van der Waals surface area contributed by atoms with Gasteiger partial charge in [-0.15, -0.1) is 0 Å². The van der Waals surface area contributed by atoms with Crippen molar-refractivity contribution in [2.24, 2.45) is 10.3 Å². The van der Waals surface area contributed by atoms with Gasteiger partial charge in [0.05, 0.1) is 10.2 Å². The van der Waals surface area contributed by atoms with Crippen molar-refractivity contribution in [3.05, 3.63) is 45.4 Å². The second kappa shape index (κ2) is 8.50. The molecule has 8 nitrogen and oxygen atoms in total.